The van der Waals surface area contributed by atoms with E-state index in [9.17, 15) is 14.4 Å². The number of fused-ring (bicyclic) bond motifs is 1. The minimum absolute atomic E-state index is 0. The van der Waals surface area contributed by atoms with Crippen LogP contribution in [0.15, 0.2) is 48.5 Å². The van der Waals surface area contributed by atoms with E-state index in [1.165, 1.54) is 13.8 Å². The molecule has 2 aromatic carbocycles. The number of alkyl carbamates (subject to hydrolysis) is 1. The minimum Gasteiger partial charge on any atom is -0.444 e. The van der Waals surface area contributed by atoms with Gasteiger partial charge in [-0.25, -0.2) is 4.79 Å². The number of ether oxygens (including phenoxy) is 3. The first kappa shape index (κ1) is 26.9. The third kappa shape index (κ3) is 7.09. The third-order valence-corrected chi connectivity index (χ3v) is 4.95. The number of hydrogen-bond acceptors (Lipinski definition) is 6. The van der Waals surface area contributed by atoms with Crippen LogP contribution in [0.25, 0.3) is 5.57 Å². The van der Waals surface area contributed by atoms with E-state index in [0.29, 0.717) is 6.42 Å². The summed E-state index contributed by atoms with van der Waals surface area (Å²) < 4.78 is 16.2. The standard InChI is InChI=1S/C26H29NO6.ClH/c1-16(28)31-23-12-11-21-20(15-27-25(30)33-26(3,4)5)13-19(18-9-7-6-8-10-18)14-22(21)24(23)32-17(2)29;/h6-13,19H,14-15H2,1-5H3,(H,27,30);1H. The van der Waals surface area contributed by atoms with Crippen molar-refractivity contribution in [2.45, 2.75) is 52.6 Å². The second kappa shape index (κ2) is 11.2. The van der Waals surface area contributed by atoms with Crippen molar-refractivity contribution in [1.82, 2.24) is 5.32 Å². The molecule has 182 valence electrons. The Morgan fingerprint density at radius 2 is 1.62 bits per heavy atom. The number of rotatable bonds is 5. The van der Waals surface area contributed by atoms with Gasteiger partial charge in [0, 0.05) is 31.9 Å². The number of hydrogen-bond donors (Lipinski definition) is 1. The van der Waals surface area contributed by atoms with Crippen molar-refractivity contribution in [3.05, 3.63) is 65.2 Å². The summed E-state index contributed by atoms with van der Waals surface area (Å²) in [5.74, 6) is -0.656. The average molecular weight is 488 g/mol. The molecule has 1 N–H and O–H groups in total. The molecule has 3 rings (SSSR count). The Balaban J connectivity index is 0.00000408. The van der Waals surface area contributed by atoms with Crippen LogP contribution >= 0.6 is 12.4 Å². The van der Waals surface area contributed by atoms with Crippen LogP contribution in [0.5, 0.6) is 11.5 Å². The molecule has 1 amide bonds. The van der Waals surface area contributed by atoms with Crippen molar-refractivity contribution in [3.63, 3.8) is 0 Å². The lowest BCUT2D eigenvalue weighted by atomic mass is 9.80. The Bertz CT molecular complexity index is 1090. The van der Waals surface area contributed by atoms with Gasteiger partial charge in [0.15, 0.2) is 11.5 Å². The fraction of sp³-hybridized carbons (Fsp3) is 0.346. The fourth-order valence-electron chi connectivity index (χ4n) is 3.76. The SMILES string of the molecule is CC(=O)Oc1ccc2c(c1OC(C)=O)CC(c1ccccc1)C=C2CNC(=O)OC(C)(C)C.Cl. The number of benzene rings is 2. The van der Waals surface area contributed by atoms with Crippen LogP contribution in [0, 0.1) is 0 Å². The topological polar surface area (TPSA) is 90.9 Å². The quantitative estimate of drug-likeness (QED) is 0.460. The summed E-state index contributed by atoms with van der Waals surface area (Å²) in [5, 5.41) is 2.81. The maximum Gasteiger partial charge on any atom is 0.407 e. The molecule has 0 aliphatic heterocycles. The first-order valence-corrected chi connectivity index (χ1v) is 10.8. The molecular formula is C26H30ClNO6. The molecule has 1 aliphatic carbocycles. The number of esters is 2. The van der Waals surface area contributed by atoms with Crippen LogP contribution in [0.3, 0.4) is 0 Å². The highest BCUT2D eigenvalue weighted by atomic mass is 35.5. The van der Waals surface area contributed by atoms with Crippen molar-refractivity contribution >= 4 is 36.0 Å². The van der Waals surface area contributed by atoms with Gasteiger partial charge in [-0.3, -0.25) is 9.59 Å². The fourth-order valence-corrected chi connectivity index (χ4v) is 3.76. The van der Waals surface area contributed by atoms with Gasteiger partial charge in [-0.2, -0.15) is 0 Å². The Morgan fingerprint density at radius 1 is 0.971 bits per heavy atom. The predicted octanol–water partition coefficient (Wildman–Crippen LogP) is 5.21. The molecule has 8 heteroatoms. The zero-order valence-electron chi connectivity index (χ0n) is 20.0. The highest BCUT2D eigenvalue weighted by Gasteiger charge is 2.28. The number of amides is 1. The molecule has 1 aliphatic rings. The summed E-state index contributed by atoms with van der Waals surface area (Å²) in [7, 11) is 0. The molecular weight excluding hydrogens is 458 g/mol. The van der Waals surface area contributed by atoms with Crippen LogP contribution in [-0.2, 0) is 20.7 Å². The molecule has 0 radical (unpaired) electrons. The molecule has 0 heterocycles. The molecule has 0 saturated heterocycles. The molecule has 0 fully saturated rings. The van der Waals surface area contributed by atoms with Crippen molar-refractivity contribution in [2.75, 3.05) is 6.54 Å². The van der Waals surface area contributed by atoms with Crippen molar-refractivity contribution in [3.8, 4) is 11.5 Å². The average Bonchev–Trinajstić information content (AvgIpc) is 2.72. The van der Waals surface area contributed by atoms with E-state index in [4.69, 9.17) is 14.2 Å². The molecule has 1 atom stereocenters. The van der Waals surface area contributed by atoms with Gasteiger partial charge in [0.1, 0.15) is 5.60 Å². The predicted molar refractivity (Wildman–Crippen MR) is 131 cm³/mol. The van der Waals surface area contributed by atoms with Crippen LogP contribution in [-0.4, -0.2) is 30.2 Å². The van der Waals surface area contributed by atoms with Crippen LogP contribution in [0.4, 0.5) is 4.79 Å². The monoisotopic (exact) mass is 487 g/mol. The van der Waals surface area contributed by atoms with Gasteiger partial charge in [0.05, 0.1) is 0 Å². The lowest BCUT2D eigenvalue weighted by molar-refractivity contribution is -0.134. The van der Waals surface area contributed by atoms with Gasteiger partial charge in [-0.1, -0.05) is 42.5 Å². The summed E-state index contributed by atoms with van der Waals surface area (Å²) in [6, 6.07) is 13.3. The molecule has 34 heavy (non-hydrogen) atoms. The Hall–Kier alpha value is -3.32. The molecule has 0 saturated carbocycles. The Labute approximate surface area is 205 Å². The van der Waals surface area contributed by atoms with Crippen molar-refractivity contribution in [2.24, 2.45) is 0 Å². The Morgan fingerprint density at radius 3 is 2.21 bits per heavy atom. The molecule has 7 nitrogen and oxygen atoms in total. The van der Waals surface area contributed by atoms with Gasteiger partial charge in [0.25, 0.3) is 0 Å². The maximum absolute atomic E-state index is 12.3. The summed E-state index contributed by atoms with van der Waals surface area (Å²) >= 11 is 0. The highest BCUT2D eigenvalue weighted by molar-refractivity contribution is 5.85. The van der Waals surface area contributed by atoms with Gasteiger partial charge in [-0.05, 0) is 50.0 Å². The highest BCUT2D eigenvalue weighted by Crippen LogP contribution is 2.43. The first-order chi connectivity index (χ1) is 15.5. The smallest absolute Gasteiger partial charge is 0.407 e. The van der Waals surface area contributed by atoms with E-state index in [2.05, 4.69) is 11.4 Å². The second-order valence-electron chi connectivity index (χ2n) is 8.87. The van der Waals surface area contributed by atoms with Gasteiger partial charge in [0.2, 0.25) is 0 Å². The molecule has 2 aromatic rings. The summed E-state index contributed by atoms with van der Waals surface area (Å²) in [4.78, 5) is 35.8. The van der Waals surface area contributed by atoms with E-state index >= 15 is 0 Å². The summed E-state index contributed by atoms with van der Waals surface area (Å²) in [6.07, 6.45) is 2.11. The van der Waals surface area contributed by atoms with E-state index in [-0.39, 0.29) is 36.4 Å². The zero-order valence-corrected chi connectivity index (χ0v) is 20.8. The number of nitrogens with one attached hydrogen (secondary N) is 1. The van der Waals surface area contributed by atoms with E-state index in [1.54, 1.807) is 26.8 Å². The first-order valence-electron chi connectivity index (χ1n) is 10.8. The number of halogens is 1. The lowest BCUT2D eigenvalue weighted by Gasteiger charge is -2.27. The number of allylic oxidation sites excluding steroid dienone is 1. The van der Waals surface area contributed by atoms with Gasteiger partial charge >= 0.3 is 18.0 Å². The van der Waals surface area contributed by atoms with Crippen LogP contribution in [0.2, 0.25) is 0 Å². The van der Waals surface area contributed by atoms with Crippen LogP contribution < -0.4 is 14.8 Å². The molecule has 0 spiro atoms. The maximum atomic E-state index is 12.3. The second-order valence-corrected chi connectivity index (χ2v) is 8.87. The van der Waals surface area contributed by atoms with E-state index in [0.717, 1.165) is 22.3 Å². The van der Waals surface area contributed by atoms with E-state index < -0.39 is 23.6 Å². The van der Waals surface area contributed by atoms with E-state index in [1.807, 2.05) is 36.4 Å². The summed E-state index contributed by atoms with van der Waals surface area (Å²) in [6.45, 7) is 8.21. The molecule has 0 aromatic heterocycles. The van der Waals surface area contributed by atoms with Crippen molar-refractivity contribution < 1.29 is 28.6 Å². The summed E-state index contributed by atoms with van der Waals surface area (Å²) in [5.41, 5.74) is 2.85. The largest absolute Gasteiger partial charge is 0.444 e. The zero-order chi connectivity index (χ0) is 24.2. The molecule has 1 unspecified atom stereocenters. The lowest BCUT2D eigenvalue weighted by Crippen LogP contribution is -2.33. The van der Waals surface area contributed by atoms with Gasteiger partial charge < -0.3 is 19.5 Å². The normalized spacial score (nSPS) is 14.6. The third-order valence-electron chi connectivity index (χ3n) is 4.95. The van der Waals surface area contributed by atoms with Gasteiger partial charge in [-0.15, -0.1) is 12.4 Å². The number of carbonyl (C=O) groups excluding carboxylic acids is 3. The number of carbonyl (C=O) groups is 3. The van der Waals surface area contributed by atoms with Crippen LogP contribution in [0.1, 0.15) is 57.2 Å². The minimum atomic E-state index is -0.614. The Kier molecular flexibility index (Phi) is 8.87. The van der Waals surface area contributed by atoms with Crippen molar-refractivity contribution in [1.29, 1.82) is 0 Å². The molecule has 0 bridgehead atoms.